The second-order valence-corrected chi connectivity index (χ2v) is 12.3. The first kappa shape index (κ1) is 41.9. The van der Waals surface area contributed by atoms with E-state index in [2.05, 4.69) is 13.8 Å². The number of rotatable bonds is 33. The van der Waals surface area contributed by atoms with Gasteiger partial charge in [0, 0.05) is 25.7 Å². The molecular formula is C36H66O8. The number of ether oxygens (including phenoxy) is 3. The molecule has 0 aliphatic carbocycles. The highest BCUT2D eigenvalue weighted by atomic mass is 16.6. The minimum Gasteiger partial charge on any atom is -0.481 e. The zero-order valence-corrected chi connectivity index (χ0v) is 28.4. The molecule has 0 aromatic carbocycles. The number of esters is 3. The molecule has 0 radical (unpaired) electrons. The average Bonchev–Trinajstić information content (AvgIpc) is 2.99. The summed E-state index contributed by atoms with van der Waals surface area (Å²) in [5.74, 6) is -2.28. The van der Waals surface area contributed by atoms with Crippen LogP contribution in [0, 0.1) is 0 Å². The van der Waals surface area contributed by atoms with Crippen LogP contribution in [0.5, 0.6) is 0 Å². The van der Waals surface area contributed by atoms with Crippen molar-refractivity contribution in [1.29, 1.82) is 0 Å². The van der Waals surface area contributed by atoms with E-state index >= 15 is 0 Å². The van der Waals surface area contributed by atoms with E-state index in [9.17, 15) is 19.2 Å². The summed E-state index contributed by atoms with van der Waals surface area (Å²) in [6.45, 7) is 4.08. The highest BCUT2D eigenvalue weighted by Gasteiger charge is 2.19. The highest BCUT2D eigenvalue weighted by molar-refractivity contribution is 5.72. The molecular weight excluding hydrogens is 560 g/mol. The number of carbonyl (C=O) groups excluding carboxylic acids is 3. The molecule has 0 saturated carbocycles. The number of aliphatic carboxylic acids is 1. The van der Waals surface area contributed by atoms with E-state index in [1.54, 1.807) is 0 Å². The Balaban J connectivity index is 4.25. The molecule has 8 heteroatoms. The third-order valence-electron chi connectivity index (χ3n) is 7.90. The fourth-order valence-corrected chi connectivity index (χ4v) is 5.13. The Morgan fingerprint density at radius 1 is 0.432 bits per heavy atom. The van der Waals surface area contributed by atoms with E-state index in [0.29, 0.717) is 6.42 Å². The van der Waals surface area contributed by atoms with E-state index in [1.165, 1.54) is 103 Å². The SMILES string of the molecule is CCCCCCCCCCCCCC(=O)OCC(COC(=O)CCCC(=O)O)OC(=O)CCCCCCCCCCCCC. The maximum Gasteiger partial charge on any atom is 0.306 e. The van der Waals surface area contributed by atoms with E-state index in [1.807, 2.05) is 0 Å². The molecule has 0 amide bonds. The molecule has 0 aliphatic rings. The quantitative estimate of drug-likeness (QED) is 0.0435. The van der Waals surface area contributed by atoms with Crippen molar-refractivity contribution in [3.8, 4) is 0 Å². The predicted molar refractivity (Wildman–Crippen MR) is 175 cm³/mol. The van der Waals surface area contributed by atoms with Gasteiger partial charge in [-0.3, -0.25) is 19.2 Å². The van der Waals surface area contributed by atoms with E-state index in [4.69, 9.17) is 19.3 Å². The molecule has 0 saturated heterocycles. The summed E-state index contributed by atoms with van der Waals surface area (Å²) in [6, 6.07) is 0. The van der Waals surface area contributed by atoms with Gasteiger partial charge < -0.3 is 19.3 Å². The summed E-state index contributed by atoms with van der Waals surface area (Å²) in [7, 11) is 0. The standard InChI is InChI=1S/C36H66O8/c1-3-5-7-9-11-13-15-17-19-21-23-27-34(39)42-30-32(31-43-35(40)29-25-26-33(37)38)44-36(41)28-24-22-20-18-16-14-12-10-8-6-4-2/h32H,3-31H2,1-2H3,(H,37,38). The lowest BCUT2D eigenvalue weighted by Crippen LogP contribution is -2.30. The fourth-order valence-electron chi connectivity index (χ4n) is 5.13. The van der Waals surface area contributed by atoms with Crippen LogP contribution >= 0.6 is 0 Å². The van der Waals surface area contributed by atoms with Crippen molar-refractivity contribution in [2.24, 2.45) is 0 Å². The van der Waals surface area contributed by atoms with Crippen molar-refractivity contribution in [2.45, 2.75) is 193 Å². The third-order valence-corrected chi connectivity index (χ3v) is 7.90. The Morgan fingerprint density at radius 2 is 0.750 bits per heavy atom. The van der Waals surface area contributed by atoms with Crippen LogP contribution in [0.25, 0.3) is 0 Å². The molecule has 0 aromatic rings. The summed E-state index contributed by atoms with van der Waals surface area (Å²) in [5.41, 5.74) is 0. The number of carboxylic acids is 1. The van der Waals surface area contributed by atoms with Crippen LogP contribution in [0.4, 0.5) is 0 Å². The summed E-state index contributed by atoms with van der Waals surface area (Å²) in [4.78, 5) is 47.4. The Kier molecular flexibility index (Phi) is 30.7. The van der Waals surface area contributed by atoms with Gasteiger partial charge in [-0.25, -0.2) is 0 Å². The molecule has 0 fully saturated rings. The number of hydrogen-bond acceptors (Lipinski definition) is 7. The lowest BCUT2D eigenvalue weighted by molar-refractivity contribution is -0.167. The Morgan fingerprint density at radius 3 is 1.11 bits per heavy atom. The smallest absolute Gasteiger partial charge is 0.306 e. The van der Waals surface area contributed by atoms with Crippen LogP contribution in [0.3, 0.4) is 0 Å². The zero-order chi connectivity index (χ0) is 32.5. The molecule has 0 aromatic heterocycles. The van der Waals surface area contributed by atoms with Crippen LogP contribution in [-0.4, -0.2) is 48.3 Å². The third kappa shape index (κ3) is 31.3. The molecule has 0 bridgehead atoms. The van der Waals surface area contributed by atoms with Crippen molar-refractivity contribution < 1.29 is 38.5 Å². The fraction of sp³-hybridized carbons (Fsp3) is 0.889. The molecule has 1 atom stereocenters. The molecule has 0 spiro atoms. The van der Waals surface area contributed by atoms with Crippen molar-refractivity contribution in [3.63, 3.8) is 0 Å². The predicted octanol–water partition coefficient (Wildman–Crippen LogP) is 9.64. The maximum absolute atomic E-state index is 12.5. The molecule has 8 nitrogen and oxygen atoms in total. The van der Waals surface area contributed by atoms with Gasteiger partial charge in [0.25, 0.3) is 0 Å². The lowest BCUT2D eigenvalue weighted by atomic mass is 10.1. The Labute approximate surface area is 268 Å². The van der Waals surface area contributed by atoms with Gasteiger partial charge in [0.05, 0.1) is 0 Å². The second kappa shape index (κ2) is 32.3. The van der Waals surface area contributed by atoms with Crippen LogP contribution in [0.2, 0.25) is 0 Å². The van der Waals surface area contributed by atoms with Gasteiger partial charge in [-0.05, 0) is 19.3 Å². The van der Waals surface area contributed by atoms with Crippen molar-refractivity contribution >= 4 is 23.9 Å². The van der Waals surface area contributed by atoms with Gasteiger partial charge in [0.15, 0.2) is 6.10 Å². The summed E-state index contributed by atoms with van der Waals surface area (Å²) in [5, 5.41) is 8.75. The van der Waals surface area contributed by atoms with E-state index in [-0.39, 0.29) is 44.9 Å². The van der Waals surface area contributed by atoms with Gasteiger partial charge >= 0.3 is 23.9 Å². The maximum atomic E-state index is 12.5. The zero-order valence-electron chi connectivity index (χ0n) is 28.4. The van der Waals surface area contributed by atoms with Gasteiger partial charge in [0.2, 0.25) is 0 Å². The number of unbranched alkanes of at least 4 members (excludes halogenated alkanes) is 20. The molecule has 0 heterocycles. The van der Waals surface area contributed by atoms with Crippen molar-refractivity contribution in [2.75, 3.05) is 13.2 Å². The molecule has 258 valence electrons. The monoisotopic (exact) mass is 626 g/mol. The van der Waals surface area contributed by atoms with Gasteiger partial charge in [-0.15, -0.1) is 0 Å². The first-order valence-electron chi connectivity index (χ1n) is 18.1. The highest BCUT2D eigenvalue weighted by Crippen LogP contribution is 2.14. The van der Waals surface area contributed by atoms with Crippen molar-refractivity contribution in [1.82, 2.24) is 0 Å². The summed E-state index contributed by atoms with van der Waals surface area (Å²) < 4.78 is 16.1. The van der Waals surface area contributed by atoms with Gasteiger partial charge in [-0.1, -0.05) is 142 Å². The van der Waals surface area contributed by atoms with Crippen molar-refractivity contribution in [3.05, 3.63) is 0 Å². The van der Waals surface area contributed by atoms with Crippen LogP contribution in [0.1, 0.15) is 187 Å². The Hall–Kier alpha value is -2.12. The minimum absolute atomic E-state index is 0.0373. The summed E-state index contributed by atoms with van der Waals surface area (Å²) in [6.07, 6.45) is 25.9. The van der Waals surface area contributed by atoms with Crippen LogP contribution in [0.15, 0.2) is 0 Å². The van der Waals surface area contributed by atoms with Crippen LogP contribution in [-0.2, 0) is 33.4 Å². The normalized spacial score (nSPS) is 11.7. The molecule has 1 N–H and O–H groups in total. The van der Waals surface area contributed by atoms with Gasteiger partial charge in [-0.2, -0.15) is 0 Å². The first-order valence-corrected chi connectivity index (χ1v) is 18.1. The number of carbonyl (C=O) groups is 4. The Bertz CT molecular complexity index is 708. The number of hydrogen-bond donors (Lipinski definition) is 1. The lowest BCUT2D eigenvalue weighted by Gasteiger charge is -2.18. The average molecular weight is 627 g/mol. The van der Waals surface area contributed by atoms with Gasteiger partial charge in [0.1, 0.15) is 13.2 Å². The second-order valence-electron chi connectivity index (χ2n) is 12.3. The summed E-state index contributed by atoms with van der Waals surface area (Å²) >= 11 is 0. The number of carboxylic acid groups (broad SMARTS) is 1. The molecule has 0 rings (SSSR count). The topological polar surface area (TPSA) is 116 Å². The van der Waals surface area contributed by atoms with Crippen LogP contribution < -0.4 is 0 Å². The minimum atomic E-state index is -0.975. The van der Waals surface area contributed by atoms with E-state index in [0.717, 1.165) is 38.5 Å². The first-order chi connectivity index (χ1) is 21.4. The van der Waals surface area contributed by atoms with E-state index < -0.39 is 24.0 Å². The molecule has 0 aliphatic heterocycles. The molecule has 1 unspecified atom stereocenters. The largest absolute Gasteiger partial charge is 0.481 e. The molecule has 44 heavy (non-hydrogen) atoms.